The van der Waals surface area contributed by atoms with E-state index in [1.54, 1.807) is 0 Å². The lowest BCUT2D eigenvalue weighted by Gasteiger charge is -2.26. The van der Waals surface area contributed by atoms with Gasteiger partial charge in [0.25, 0.3) is 0 Å². The van der Waals surface area contributed by atoms with Crippen molar-refractivity contribution in [2.45, 2.75) is 12.8 Å². The highest BCUT2D eigenvalue weighted by Gasteiger charge is 2.23. The molecule has 1 heterocycles. The van der Waals surface area contributed by atoms with Crippen molar-refractivity contribution in [1.29, 1.82) is 0 Å². The van der Waals surface area contributed by atoms with E-state index in [0.717, 1.165) is 19.6 Å². The van der Waals surface area contributed by atoms with E-state index >= 15 is 0 Å². The monoisotopic (exact) mass is 252 g/mol. The van der Waals surface area contributed by atoms with E-state index in [1.807, 2.05) is 0 Å². The summed E-state index contributed by atoms with van der Waals surface area (Å²) in [5.41, 5.74) is 4.07. The van der Waals surface area contributed by atoms with Crippen LogP contribution >= 0.6 is 0 Å². The number of rotatable bonds is 4. The quantitative estimate of drug-likeness (QED) is 0.892. The van der Waals surface area contributed by atoms with Gasteiger partial charge in [-0.25, -0.2) is 0 Å². The molecular formula is C17H20N2. The lowest BCUT2D eigenvalue weighted by atomic mass is 10.0. The Hall–Kier alpha value is -1.96. The van der Waals surface area contributed by atoms with Crippen molar-refractivity contribution in [2.24, 2.45) is 0 Å². The molecule has 2 nitrogen and oxygen atoms in total. The van der Waals surface area contributed by atoms with Crippen molar-refractivity contribution in [1.82, 2.24) is 0 Å². The molecule has 0 saturated heterocycles. The first-order valence-corrected chi connectivity index (χ1v) is 7.01. The number of hydrogen-bond acceptors (Lipinski definition) is 2. The van der Waals surface area contributed by atoms with Gasteiger partial charge in [0.05, 0.1) is 0 Å². The third-order valence-electron chi connectivity index (χ3n) is 3.88. The Morgan fingerprint density at radius 3 is 2.58 bits per heavy atom. The topological polar surface area (TPSA) is 15.3 Å². The van der Waals surface area contributed by atoms with E-state index in [1.165, 1.54) is 16.9 Å². The predicted octanol–water partition coefficient (Wildman–Crippen LogP) is 3.72. The third-order valence-corrected chi connectivity index (χ3v) is 3.88. The zero-order valence-corrected chi connectivity index (χ0v) is 11.3. The summed E-state index contributed by atoms with van der Waals surface area (Å²) < 4.78 is 0. The Labute approximate surface area is 115 Å². The zero-order valence-electron chi connectivity index (χ0n) is 11.3. The van der Waals surface area contributed by atoms with Crippen LogP contribution in [0.1, 0.15) is 18.4 Å². The van der Waals surface area contributed by atoms with Crippen LogP contribution in [-0.2, 0) is 0 Å². The van der Waals surface area contributed by atoms with E-state index in [-0.39, 0.29) is 0 Å². The minimum Gasteiger partial charge on any atom is -0.384 e. The average Bonchev–Trinajstić information content (AvgIpc) is 2.89. The van der Waals surface area contributed by atoms with Crippen molar-refractivity contribution in [3.63, 3.8) is 0 Å². The molecule has 2 aromatic carbocycles. The van der Waals surface area contributed by atoms with Gasteiger partial charge >= 0.3 is 0 Å². The van der Waals surface area contributed by atoms with Crippen LogP contribution in [0, 0.1) is 0 Å². The van der Waals surface area contributed by atoms with Gasteiger partial charge in [0.2, 0.25) is 0 Å². The molecule has 1 aliphatic rings. The lowest BCUT2D eigenvalue weighted by molar-refractivity contribution is 0.698. The summed E-state index contributed by atoms with van der Waals surface area (Å²) in [6, 6.07) is 19.3. The largest absolute Gasteiger partial charge is 0.384 e. The second-order valence-electron chi connectivity index (χ2n) is 5.04. The van der Waals surface area contributed by atoms with Crippen LogP contribution in [0.15, 0.2) is 54.6 Å². The predicted molar refractivity (Wildman–Crippen MR) is 82.0 cm³/mol. The number of nitrogens with zero attached hydrogens (tertiary/aromatic N) is 1. The van der Waals surface area contributed by atoms with Gasteiger partial charge in [-0.1, -0.05) is 36.4 Å². The van der Waals surface area contributed by atoms with Crippen LogP contribution in [0.4, 0.5) is 11.4 Å². The van der Waals surface area contributed by atoms with Crippen molar-refractivity contribution in [3.8, 4) is 0 Å². The first kappa shape index (κ1) is 12.1. The molecule has 2 heteroatoms. The minimum atomic E-state index is 0.580. The Bertz CT molecular complexity index is 536. The number of hydrogen-bond donors (Lipinski definition) is 1. The molecule has 1 atom stereocenters. The van der Waals surface area contributed by atoms with Crippen LogP contribution in [-0.4, -0.2) is 19.6 Å². The molecule has 1 unspecified atom stereocenters. The maximum atomic E-state index is 3.50. The molecule has 98 valence electrons. The van der Waals surface area contributed by atoms with E-state index in [4.69, 9.17) is 0 Å². The molecule has 0 saturated carbocycles. The lowest BCUT2D eigenvalue weighted by Crippen LogP contribution is -2.29. The molecule has 0 bridgehead atoms. The number of nitrogens with one attached hydrogen (secondary N) is 1. The number of likely N-dealkylation sites (N-methyl/N-ethyl adjacent to an activating group) is 1. The summed E-state index contributed by atoms with van der Waals surface area (Å²) in [7, 11) is 0. The van der Waals surface area contributed by atoms with Crippen molar-refractivity contribution >= 4 is 11.4 Å². The van der Waals surface area contributed by atoms with Gasteiger partial charge in [-0.15, -0.1) is 0 Å². The Morgan fingerprint density at radius 1 is 1.05 bits per heavy atom. The van der Waals surface area contributed by atoms with Crippen LogP contribution in [0.25, 0.3) is 0 Å². The first-order valence-electron chi connectivity index (χ1n) is 7.01. The average molecular weight is 252 g/mol. The van der Waals surface area contributed by atoms with Gasteiger partial charge in [0.15, 0.2) is 0 Å². The number of fused-ring (bicyclic) bond motifs is 1. The molecule has 1 N–H and O–H groups in total. The molecule has 0 spiro atoms. The van der Waals surface area contributed by atoms with Crippen LogP contribution in [0.2, 0.25) is 0 Å². The normalized spacial score (nSPS) is 16.8. The standard InChI is InChI=1S/C17H20N2/c1-2-19(15-8-4-3-5-9-15)13-14-12-18-17-11-7-6-10-16(14)17/h3-11,14,18H,2,12-13H2,1H3. The van der Waals surface area contributed by atoms with E-state index < -0.39 is 0 Å². The zero-order chi connectivity index (χ0) is 13.1. The SMILES string of the molecule is CCN(CC1CNc2ccccc21)c1ccccc1. The smallest absolute Gasteiger partial charge is 0.0377 e. The first-order chi connectivity index (χ1) is 9.38. The number of anilines is 2. The second-order valence-corrected chi connectivity index (χ2v) is 5.04. The molecule has 0 aliphatic carbocycles. The van der Waals surface area contributed by atoms with E-state index in [2.05, 4.69) is 71.7 Å². The van der Waals surface area contributed by atoms with Crippen LogP contribution in [0.5, 0.6) is 0 Å². The molecule has 19 heavy (non-hydrogen) atoms. The van der Waals surface area contributed by atoms with Gasteiger partial charge in [0.1, 0.15) is 0 Å². The molecule has 1 aliphatic heterocycles. The molecule has 0 aromatic heterocycles. The number of para-hydroxylation sites is 2. The summed E-state index contributed by atoms with van der Waals surface area (Å²) >= 11 is 0. The molecule has 0 amide bonds. The van der Waals surface area contributed by atoms with Crippen molar-refractivity contribution in [3.05, 3.63) is 60.2 Å². The van der Waals surface area contributed by atoms with Crippen LogP contribution < -0.4 is 10.2 Å². The minimum absolute atomic E-state index is 0.580. The summed E-state index contributed by atoms with van der Waals surface area (Å²) in [6.45, 7) is 5.39. The number of benzene rings is 2. The van der Waals surface area contributed by atoms with Gasteiger partial charge in [-0.2, -0.15) is 0 Å². The Morgan fingerprint density at radius 2 is 1.79 bits per heavy atom. The Kier molecular flexibility index (Phi) is 3.41. The van der Waals surface area contributed by atoms with Gasteiger partial charge in [0, 0.05) is 36.9 Å². The molecule has 0 radical (unpaired) electrons. The maximum Gasteiger partial charge on any atom is 0.0377 e. The summed E-state index contributed by atoms with van der Waals surface area (Å²) in [5.74, 6) is 0.580. The van der Waals surface area contributed by atoms with Crippen molar-refractivity contribution < 1.29 is 0 Å². The van der Waals surface area contributed by atoms with E-state index in [9.17, 15) is 0 Å². The summed E-state index contributed by atoms with van der Waals surface area (Å²) in [4.78, 5) is 2.45. The maximum absolute atomic E-state index is 3.50. The summed E-state index contributed by atoms with van der Waals surface area (Å²) in [5, 5.41) is 3.50. The van der Waals surface area contributed by atoms with E-state index in [0.29, 0.717) is 5.92 Å². The van der Waals surface area contributed by atoms with Crippen molar-refractivity contribution in [2.75, 3.05) is 29.9 Å². The highest BCUT2D eigenvalue weighted by atomic mass is 15.1. The fraction of sp³-hybridized carbons (Fsp3) is 0.294. The van der Waals surface area contributed by atoms with Gasteiger partial charge in [-0.3, -0.25) is 0 Å². The molecule has 2 aromatic rings. The van der Waals surface area contributed by atoms with Gasteiger partial charge < -0.3 is 10.2 Å². The fourth-order valence-corrected chi connectivity index (χ4v) is 2.84. The summed E-state index contributed by atoms with van der Waals surface area (Å²) in [6.07, 6.45) is 0. The molecule has 0 fully saturated rings. The molecule has 3 rings (SSSR count). The van der Waals surface area contributed by atoms with Gasteiger partial charge in [-0.05, 0) is 30.7 Å². The highest BCUT2D eigenvalue weighted by Crippen LogP contribution is 2.32. The highest BCUT2D eigenvalue weighted by molar-refractivity contribution is 5.58. The second kappa shape index (κ2) is 5.35. The van der Waals surface area contributed by atoms with Crippen LogP contribution in [0.3, 0.4) is 0 Å². The third kappa shape index (κ3) is 2.43. The Balaban J connectivity index is 1.78. The molecular weight excluding hydrogens is 232 g/mol. The fourth-order valence-electron chi connectivity index (χ4n) is 2.84.